The number of allylic oxidation sites excluding steroid dienone is 1. The maximum absolute atomic E-state index is 12.7. The molecule has 1 saturated heterocycles. The predicted molar refractivity (Wildman–Crippen MR) is 89.4 cm³/mol. The summed E-state index contributed by atoms with van der Waals surface area (Å²) in [7, 11) is -4.06. The molecule has 6 nitrogen and oxygen atoms in total. The van der Waals surface area contributed by atoms with Crippen molar-refractivity contribution < 1.29 is 22.1 Å². The van der Waals surface area contributed by atoms with Crippen LogP contribution < -0.4 is 0 Å². The number of rotatable bonds is 2. The van der Waals surface area contributed by atoms with E-state index in [1.54, 1.807) is 6.08 Å². The lowest BCUT2D eigenvalue weighted by Gasteiger charge is -2.37. The molecule has 1 saturated carbocycles. The van der Waals surface area contributed by atoms with Gasteiger partial charge in [-0.25, -0.2) is 8.98 Å². The number of ether oxygens (including phenoxy) is 1. The number of fused-ring (bicyclic) bond motifs is 1. The summed E-state index contributed by atoms with van der Waals surface area (Å²) in [5.74, 6) is 1.14. The number of carbonyl (C=O) groups excluding carboxylic acids is 1. The molecule has 2 unspecified atom stereocenters. The average Bonchev–Trinajstić information content (AvgIpc) is 2.76. The molecule has 3 rings (SSSR count). The summed E-state index contributed by atoms with van der Waals surface area (Å²) in [4.78, 5) is 12.7. The van der Waals surface area contributed by atoms with Crippen LogP contribution in [0.4, 0.5) is 4.79 Å². The van der Waals surface area contributed by atoms with Gasteiger partial charge in [0.25, 0.3) is 0 Å². The van der Waals surface area contributed by atoms with Gasteiger partial charge in [0, 0.05) is 0 Å². The Hall–Kier alpha value is -1.08. The standard InChI is InChI=1S/C17H27NO5S/c1-11(2)13-9-8-12(3)10-16(13)22-17(19)18-14-6-4-5-7-15(14)23-24(18,20)21/h4,6,11-16H,5,7-10H2,1-3H3/t12-,13+,14?,15?,16-/m1/s1. The van der Waals surface area contributed by atoms with Crippen LogP contribution in [0.5, 0.6) is 0 Å². The van der Waals surface area contributed by atoms with Gasteiger partial charge in [-0.05, 0) is 43.4 Å². The van der Waals surface area contributed by atoms with Gasteiger partial charge in [0.15, 0.2) is 0 Å². The van der Waals surface area contributed by atoms with Gasteiger partial charge in [0.2, 0.25) is 0 Å². The van der Waals surface area contributed by atoms with Gasteiger partial charge in [-0.15, -0.1) is 0 Å². The highest BCUT2D eigenvalue weighted by Gasteiger charge is 2.50. The number of carbonyl (C=O) groups is 1. The highest BCUT2D eigenvalue weighted by atomic mass is 32.2. The summed E-state index contributed by atoms with van der Waals surface area (Å²) in [5, 5.41) is 0. The molecule has 2 aliphatic carbocycles. The highest BCUT2D eigenvalue weighted by Crippen LogP contribution is 2.37. The van der Waals surface area contributed by atoms with Crippen molar-refractivity contribution in [1.29, 1.82) is 0 Å². The Morgan fingerprint density at radius 1 is 1.29 bits per heavy atom. The lowest BCUT2D eigenvalue weighted by atomic mass is 9.75. The molecular weight excluding hydrogens is 330 g/mol. The van der Waals surface area contributed by atoms with Gasteiger partial charge >= 0.3 is 16.4 Å². The second kappa shape index (κ2) is 6.67. The molecule has 0 radical (unpaired) electrons. The molecule has 3 aliphatic rings. The second-order valence-corrected chi connectivity index (χ2v) is 9.07. The fraction of sp³-hybridized carbons (Fsp3) is 0.824. The Morgan fingerprint density at radius 3 is 2.75 bits per heavy atom. The molecule has 0 spiro atoms. The van der Waals surface area contributed by atoms with Gasteiger partial charge in [0.05, 0.1) is 6.04 Å². The first kappa shape index (κ1) is 17.7. The van der Waals surface area contributed by atoms with Gasteiger partial charge in [-0.1, -0.05) is 39.3 Å². The predicted octanol–water partition coefficient (Wildman–Crippen LogP) is 3.25. The Kier molecular flexibility index (Phi) is 4.93. The van der Waals surface area contributed by atoms with Crippen LogP contribution in [0, 0.1) is 17.8 Å². The normalized spacial score (nSPS) is 38.2. The topological polar surface area (TPSA) is 72.9 Å². The van der Waals surface area contributed by atoms with Crippen LogP contribution in [-0.2, 0) is 19.2 Å². The van der Waals surface area contributed by atoms with E-state index in [9.17, 15) is 13.2 Å². The largest absolute Gasteiger partial charge is 0.445 e. The van der Waals surface area contributed by atoms with Crippen LogP contribution in [0.2, 0.25) is 0 Å². The van der Waals surface area contributed by atoms with E-state index in [0.717, 1.165) is 30.0 Å². The van der Waals surface area contributed by atoms with Crippen molar-refractivity contribution >= 4 is 16.4 Å². The van der Waals surface area contributed by atoms with E-state index < -0.39 is 28.5 Å². The zero-order valence-corrected chi connectivity index (χ0v) is 15.4. The number of amides is 1. The number of nitrogens with zero attached hydrogens (tertiary/aromatic N) is 1. The lowest BCUT2D eigenvalue weighted by Crippen LogP contribution is -2.45. The minimum atomic E-state index is -4.06. The summed E-state index contributed by atoms with van der Waals surface area (Å²) < 4.78 is 36.1. The third-order valence-electron chi connectivity index (χ3n) is 5.48. The van der Waals surface area contributed by atoms with Crippen LogP contribution >= 0.6 is 0 Å². The molecule has 7 heteroatoms. The third kappa shape index (κ3) is 3.33. The molecule has 0 aromatic rings. The monoisotopic (exact) mass is 357 g/mol. The van der Waals surface area contributed by atoms with Gasteiger partial charge in [0.1, 0.15) is 12.2 Å². The molecular formula is C17H27NO5S. The van der Waals surface area contributed by atoms with Crippen molar-refractivity contribution in [3.63, 3.8) is 0 Å². The maximum Gasteiger partial charge on any atom is 0.426 e. The Balaban J connectivity index is 1.77. The van der Waals surface area contributed by atoms with Crippen molar-refractivity contribution in [2.45, 2.75) is 71.1 Å². The summed E-state index contributed by atoms with van der Waals surface area (Å²) >= 11 is 0. The van der Waals surface area contributed by atoms with E-state index in [1.807, 2.05) is 6.08 Å². The Bertz CT molecular complexity index is 614. The van der Waals surface area contributed by atoms with Crippen LogP contribution in [0.25, 0.3) is 0 Å². The van der Waals surface area contributed by atoms with Gasteiger partial charge < -0.3 is 4.74 Å². The van der Waals surface area contributed by atoms with E-state index in [2.05, 4.69) is 20.8 Å². The minimum Gasteiger partial charge on any atom is -0.445 e. The molecule has 0 N–H and O–H groups in total. The third-order valence-corrected chi connectivity index (χ3v) is 6.85. The SMILES string of the molecule is CC(C)[C@@H]1CC[C@@H](C)C[C@H]1OC(=O)N1C2C=CCCC2OS1(=O)=O. The van der Waals surface area contributed by atoms with E-state index >= 15 is 0 Å². The van der Waals surface area contributed by atoms with Crippen molar-refractivity contribution in [3.05, 3.63) is 12.2 Å². The van der Waals surface area contributed by atoms with Gasteiger partial charge in [-0.3, -0.25) is 0 Å². The molecule has 0 bridgehead atoms. The van der Waals surface area contributed by atoms with Crippen LogP contribution in [0.1, 0.15) is 52.9 Å². The van der Waals surface area contributed by atoms with Crippen molar-refractivity contribution in [2.24, 2.45) is 17.8 Å². The van der Waals surface area contributed by atoms with E-state index in [-0.39, 0.29) is 12.0 Å². The first-order chi connectivity index (χ1) is 11.3. The molecule has 24 heavy (non-hydrogen) atoms. The first-order valence-corrected chi connectivity index (χ1v) is 10.3. The van der Waals surface area contributed by atoms with Crippen molar-refractivity contribution in [3.8, 4) is 0 Å². The number of hydrogen-bond donors (Lipinski definition) is 0. The molecule has 0 aromatic heterocycles. The smallest absolute Gasteiger partial charge is 0.426 e. The summed E-state index contributed by atoms with van der Waals surface area (Å²) in [6, 6.07) is -0.574. The molecule has 136 valence electrons. The minimum absolute atomic E-state index is 0.233. The molecule has 1 aliphatic heterocycles. The number of hydrogen-bond acceptors (Lipinski definition) is 5. The molecule has 1 heterocycles. The summed E-state index contributed by atoms with van der Waals surface area (Å²) in [6.45, 7) is 6.39. The van der Waals surface area contributed by atoms with Gasteiger partial charge in [-0.2, -0.15) is 12.7 Å². The summed E-state index contributed by atoms with van der Waals surface area (Å²) in [6.07, 6.45) is 6.39. The molecule has 1 amide bonds. The fourth-order valence-electron chi connectivity index (χ4n) is 4.12. The molecule has 0 aromatic carbocycles. The van der Waals surface area contributed by atoms with Crippen LogP contribution in [0.15, 0.2) is 12.2 Å². The Morgan fingerprint density at radius 2 is 2.04 bits per heavy atom. The zero-order chi connectivity index (χ0) is 17.5. The Labute approximate surface area is 144 Å². The highest BCUT2D eigenvalue weighted by molar-refractivity contribution is 7.85. The summed E-state index contributed by atoms with van der Waals surface area (Å²) in [5.41, 5.74) is 0. The van der Waals surface area contributed by atoms with E-state index in [4.69, 9.17) is 8.92 Å². The second-order valence-electron chi connectivity index (χ2n) is 7.63. The fourth-order valence-corrected chi connectivity index (χ4v) is 5.47. The van der Waals surface area contributed by atoms with E-state index in [1.165, 1.54) is 0 Å². The van der Waals surface area contributed by atoms with Crippen LogP contribution in [0.3, 0.4) is 0 Å². The zero-order valence-electron chi connectivity index (χ0n) is 14.6. The van der Waals surface area contributed by atoms with Crippen molar-refractivity contribution in [1.82, 2.24) is 4.31 Å². The quantitative estimate of drug-likeness (QED) is 0.709. The lowest BCUT2D eigenvalue weighted by molar-refractivity contribution is -0.00351. The molecule has 5 atom stereocenters. The average molecular weight is 357 g/mol. The van der Waals surface area contributed by atoms with E-state index in [0.29, 0.717) is 18.3 Å². The maximum atomic E-state index is 12.7. The van der Waals surface area contributed by atoms with Crippen molar-refractivity contribution in [2.75, 3.05) is 0 Å². The van der Waals surface area contributed by atoms with Crippen LogP contribution in [-0.4, -0.2) is 37.1 Å². The first-order valence-electron chi connectivity index (χ1n) is 8.89. The molecule has 2 fully saturated rings.